The predicted octanol–water partition coefficient (Wildman–Crippen LogP) is 1.76. The molecule has 1 aliphatic rings. The predicted molar refractivity (Wildman–Crippen MR) is 86.1 cm³/mol. The van der Waals surface area contributed by atoms with Gasteiger partial charge in [-0.3, -0.25) is 14.4 Å². The molecule has 0 radical (unpaired) electrons. The maximum atomic E-state index is 12.8. The number of urea groups is 1. The largest absolute Gasteiger partial charge is 0.339 e. The van der Waals surface area contributed by atoms with Crippen LogP contribution in [-0.2, 0) is 14.4 Å². The molecule has 25 heavy (non-hydrogen) atoms. The van der Waals surface area contributed by atoms with Crippen LogP contribution in [0.1, 0.15) is 0 Å². The number of amides is 5. The highest BCUT2D eigenvalue weighted by Gasteiger charge is 2.46. The van der Waals surface area contributed by atoms with Gasteiger partial charge in [-0.05, 0) is 36.4 Å². The molecule has 0 saturated carbocycles. The number of hydrogen-bond acceptors (Lipinski definition) is 4. The van der Waals surface area contributed by atoms with Crippen LogP contribution in [0.3, 0.4) is 0 Å². The molecule has 3 rings (SSSR count). The Balaban J connectivity index is 1.73. The highest BCUT2D eigenvalue weighted by Crippen LogP contribution is 2.21. The lowest BCUT2D eigenvalue weighted by atomic mass is 10.3. The van der Waals surface area contributed by atoms with Crippen LogP contribution in [0.4, 0.5) is 20.6 Å². The number of hydrogen-bond donors (Lipinski definition) is 1. The second-order valence-corrected chi connectivity index (χ2v) is 5.21. The number of imide groups is 2. The van der Waals surface area contributed by atoms with Crippen LogP contribution in [0.2, 0.25) is 0 Å². The van der Waals surface area contributed by atoms with Crippen LogP contribution in [-0.4, -0.2) is 35.2 Å². The fourth-order valence-corrected chi connectivity index (χ4v) is 2.33. The molecule has 0 atom stereocenters. The van der Waals surface area contributed by atoms with Crippen LogP contribution >= 0.6 is 0 Å². The van der Waals surface area contributed by atoms with Gasteiger partial charge in [0.1, 0.15) is 12.4 Å². The minimum absolute atomic E-state index is 0.243. The third-order valence-electron chi connectivity index (χ3n) is 3.50. The lowest BCUT2D eigenvalue weighted by Crippen LogP contribution is -2.39. The number of rotatable bonds is 4. The quantitative estimate of drug-likeness (QED) is 0.678. The van der Waals surface area contributed by atoms with Gasteiger partial charge >= 0.3 is 17.8 Å². The average Bonchev–Trinajstić information content (AvgIpc) is 2.81. The molecule has 0 unspecified atom stereocenters. The van der Waals surface area contributed by atoms with E-state index < -0.39 is 36.1 Å². The number of benzene rings is 2. The van der Waals surface area contributed by atoms with Crippen molar-refractivity contribution in [2.75, 3.05) is 16.8 Å². The third-order valence-corrected chi connectivity index (χ3v) is 3.50. The summed E-state index contributed by atoms with van der Waals surface area (Å²) in [5.41, 5.74) is 0.545. The van der Waals surface area contributed by atoms with E-state index in [1.165, 1.54) is 24.3 Å². The van der Waals surface area contributed by atoms with E-state index in [4.69, 9.17) is 0 Å². The van der Waals surface area contributed by atoms with Gasteiger partial charge in [-0.2, -0.15) is 0 Å². The number of anilines is 2. The smallest absolute Gasteiger partial charge is 0.325 e. The summed E-state index contributed by atoms with van der Waals surface area (Å²) in [4.78, 5) is 49.7. The van der Waals surface area contributed by atoms with Crippen molar-refractivity contribution in [3.05, 3.63) is 60.4 Å². The number of carbonyl (C=O) groups excluding carboxylic acids is 4. The van der Waals surface area contributed by atoms with Crippen molar-refractivity contribution < 1.29 is 23.6 Å². The van der Waals surface area contributed by atoms with Crippen molar-refractivity contribution in [1.29, 1.82) is 0 Å². The molecule has 1 saturated heterocycles. The van der Waals surface area contributed by atoms with E-state index in [0.29, 0.717) is 15.5 Å². The minimum Gasteiger partial charge on any atom is -0.325 e. The van der Waals surface area contributed by atoms with Gasteiger partial charge in [0, 0.05) is 5.69 Å². The van der Waals surface area contributed by atoms with E-state index in [9.17, 15) is 23.6 Å². The maximum Gasteiger partial charge on any atom is 0.339 e. The monoisotopic (exact) mass is 341 g/mol. The van der Waals surface area contributed by atoms with E-state index >= 15 is 0 Å². The summed E-state index contributed by atoms with van der Waals surface area (Å²) in [6.45, 7) is -0.621. The van der Waals surface area contributed by atoms with Crippen molar-refractivity contribution >= 4 is 35.1 Å². The molecule has 1 N–H and O–H groups in total. The molecule has 7 nitrogen and oxygen atoms in total. The van der Waals surface area contributed by atoms with E-state index in [2.05, 4.69) is 5.32 Å². The minimum atomic E-state index is -1.08. The zero-order valence-corrected chi connectivity index (χ0v) is 12.8. The fourth-order valence-electron chi connectivity index (χ4n) is 2.33. The van der Waals surface area contributed by atoms with Gasteiger partial charge < -0.3 is 5.32 Å². The Morgan fingerprint density at radius 2 is 1.56 bits per heavy atom. The molecule has 0 spiro atoms. The first kappa shape index (κ1) is 16.3. The van der Waals surface area contributed by atoms with Crippen molar-refractivity contribution in [3.8, 4) is 0 Å². The van der Waals surface area contributed by atoms with Gasteiger partial charge in [-0.1, -0.05) is 18.2 Å². The molecule has 8 heteroatoms. The summed E-state index contributed by atoms with van der Waals surface area (Å²) < 4.78 is 12.8. The number of carbonyl (C=O) groups is 4. The summed E-state index contributed by atoms with van der Waals surface area (Å²) >= 11 is 0. The molecular formula is C17H12FN3O4. The van der Waals surface area contributed by atoms with E-state index in [-0.39, 0.29) is 5.69 Å². The molecule has 1 heterocycles. The van der Waals surface area contributed by atoms with Crippen molar-refractivity contribution in [2.24, 2.45) is 0 Å². The number of nitrogens with zero attached hydrogens (tertiary/aromatic N) is 2. The first-order valence-electron chi connectivity index (χ1n) is 7.28. The van der Waals surface area contributed by atoms with Gasteiger partial charge in [0.25, 0.3) is 0 Å². The van der Waals surface area contributed by atoms with Crippen molar-refractivity contribution in [1.82, 2.24) is 4.90 Å². The lowest BCUT2D eigenvalue weighted by molar-refractivity contribution is -0.140. The second kappa shape index (κ2) is 6.52. The fraction of sp³-hybridized carbons (Fsp3) is 0.0588. The van der Waals surface area contributed by atoms with E-state index in [1.54, 1.807) is 18.2 Å². The summed E-state index contributed by atoms with van der Waals surface area (Å²) in [5, 5.41) is 2.43. The Hall–Kier alpha value is -3.55. The second-order valence-electron chi connectivity index (χ2n) is 5.21. The molecule has 2 aromatic rings. The van der Waals surface area contributed by atoms with Crippen LogP contribution in [0, 0.1) is 5.82 Å². The topological polar surface area (TPSA) is 86.8 Å². The number of halogens is 1. The Bertz CT molecular complexity index is 852. The molecule has 0 aromatic heterocycles. The van der Waals surface area contributed by atoms with Crippen LogP contribution in [0.25, 0.3) is 0 Å². The number of nitrogens with one attached hydrogen (secondary N) is 1. The molecule has 126 valence electrons. The zero-order valence-electron chi connectivity index (χ0n) is 12.8. The Morgan fingerprint density at radius 3 is 2.20 bits per heavy atom. The van der Waals surface area contributed by atoms with Gasteiger partial charge in [0.2, 0.25) is 5.91 Å². The Labute approximate surface area is 141 Å². The molecule has 1 aliphatic heterocycles. The van der Waals surface area contributed by atoms with Gasteiger partial charge in [0.05, 0.1) is 5.69 Å². The summed E-state index contributed by atoms with van der Waals surface area (Å²) in [6, 6.07) is 12.0. The van der Waals surface area contributed by atoms with Crippen molar-refractivity contribution in [3.63, 3.8) is 0 Å². The first-order chi connectivity index (χ1) is 12.0. The average molecular weight is 341 g/mol. The van der Waals surface area contributed by atoms with Gasteiger partial charge in [-0.15, -0.1) is 0 Å². The highest BCUT2D eigenvalue weighted by molar-refractivity contribution is 6.53. The van der Waals surface area contributed by atoms with Gasteiger partial charge in [0.15, 0.2) is 0 Å². The summed E-state index contributed by atoms with van der Waals surface area (Å²) in [7, 11) is 0. The van der Waals surface area contributed by atoms with Crippen molar-refractivity contribution in [2.45, 2.75) is 0 Å². The number of para-hydroxylation sites is 1. The van der Waals surface area contributed by atoms with E-state index in [0.717, 1.165) is 12.1 Å². The van der Waals surface area contributed by atoms with Gasteiger partial charge in [-0.25, -0.2) is 19.0 Å². The Morgan fingerprint density at radius 1 is 0.920 bits per heavy atom. The normalized spacial score (nSPS) is 14.2. The molecule has 5 amide bonds. The molecule has 1 fully saturated rings. The molecule has 0 bridgehead atoms. The lowest BCUT2D eigenvalue weighted by Gasteiger charge is -2.15. The SMILES string of the molecule is O=C(CN1C(=O)C(=O)N(c2ccccc2)C1=O)Nc1ccc(F)cc1. The summed E-state index contributed by atoms with van der Waals surface area (Å²) in [5.74, 6) is -3.25. The van der Waals surface area contributed by atoms with Crippen LogP contribution in [0.15, 0.2) is 54.6 Å². The standard InChI is InChI=1S/C17H12FN3O4/c18-11-6-8-12(9-7-11)19-14(22)10-20-15(23)16(24)21(17(20)25)13-4-2-1-3-5-13/h1-9H,10H2,(H,19,22). The summed E-state index contributed by atoms with van der Waals surface area (Å²) in [6.07, 6.45) is 0. The highest BCUT2D eigenvalue weighted by atomic mass is 19.1. The first-order valence-corrected chi connectivity index (χ1v) is 7.28. The third kappa shape index (κ3) is 3.23. The molecular weight excluding hydrogens is 329 g/mol. The maximum absolute atomic E-state index is 12.8. The Kier molecular flexibility index (Phi) is 4.25. The zero-order chi connectivity index (χ0) is 18.0. The van der Waals surface area contributed by atoms with Crippen LogP contribution < -0.4 is 10.2 Å². The van der Waals surface area contributed by atoms with Crippen LogP contribution in [0.5, 0.6) is 0 Å². The molecule has 2 aromatic carbocycles. The molecule has 0 aliphatic carbocycles. The van der Waals surface area contributed by atoms with E-state index in [1.807, 2.05) is 0 Å².